The molecule has 0 atom stereocenters. The number of ether oxygens (including phenoxy) is 2. The highest BCUT2D eigenvalue weighted by atomic mass is 16.5. The molecule has 152 valence electrons. The number of para-hydroxylation sites is 1. The summed E-state index contributed by atoms with van der Waals surface area (Å²) in [6.07, 6.45) is 1.28. The molecule has 2 aliphatic heterocycles. The number of amides is 2. The summed E-state index contributed by atoms with van der Waals surface area (Å²) in [4.78, 5) is 26.8. The number of methoxy groups -OCH3 is 1. The summed E-state index contributed by atoms with van der Waals surface area (Å²) < 4.78 is 11.3. The number of hydrogen-bond acceptors (Lipinski definition) is 5. The van der Waals surface area contributed by atoms with Crippen LogP contribution in [0.5, 0.6) is 11.5 Å². The van der Waals surface area contributed by atoms with Crippen LogP contribution in [0.2, 0.25) is 0 Å². The Balaban J connectivity index is 1.26. The number of fused-ring (bicyclic) bond motifs is 1. The molecule has 7 heteroatoms. The molecule has 0 aromatic heterocycles. The van der Waals surface area contributed by atoms with E-state index in [1.807, 2.05) is 42.5 Å². The lowest BCUT2D eigenvalue weighted by Crippen LogP contribution is -2.61. The minimum absolute atomic E-state index is 0.0179. The van der Waals surface area contributed by atoms with Crippen molar-refractivity contribution in [2.24, 2.45) is 0 Å². The summed E-state index contributed by atoms with van der Waals surface area (Å²) in [5.74, 6) is 1.30. The van der Waals surface area contributed by atoms with Crippen molar-refractivity contribution in [3.05, 3.63) is 59.7 Å². The minimum atomic E-state index is -0.679. The molecule has 29 heavy (non-hydrogen) atoms. The molecule has 2 aliphatic rings. The van der Waals surface area contributed by atoms with Gasteiger partial charge in [-0.2, -0.15) is 0 Å². The maximum atomic E-state index is 12.4. The van der Waals surface area contributed by atoms with Crippen LogP contribution in [0.1, 0.15) is 28.8 Å². The molecule has 7 nitrogen and oxygen atoms in total. The van der Waals surface area contributed by atoms with Crippen molar-refractivity contribution in [1.29, 1.82) is 0 Å². The second-order valence-electron chi connectivity index (χ2n) is 7.45. The van der Waals surface area contributed by atoms with E-state index < -0.39 is 5.72 Å². The first-order chi connectivity index (χ1) is 14.1. The summed E-state index contributed by atoms with van der Waals surface area (Å²) in [5, 5.41) is 5.97. The van der Waals surface area contributed by atoms with Gasteiger partial charge in [-0.15, -0.1) is 0 Å². The van der Waals surface area contributed by atoms with E-state index in [0.717, 1.165) is 11.3 Å². The molecule has 2 heterocycles. The number of nitrogens with zero attached hydrogens (tertiary/aromatic N) is 1. The fourth-order valence-electron chi connectivity index (χ4n) is 3.76. The van der Waals surface area contributed by atoms with Gasteiger partial charge in [-0.25, -0.2) is 0 Å². The Morgan fingerprint density at radius 1 is 1.17 bits per heavy atom. The molecule has 4 rings (SSSR count). The van der Waals surface area contributed by atoms with Crippen molar-refractivity contribution in [3.63, 3.8) is 0 Å². The molecule has 2 N–H and O–H groups in total. The Bertz CT molecular complexity index is 889. The summed E-state index contributed by atoms with van der Waals surface area (Å²) in [6, 6.07) is 14.9. The molecule has 1 fully saturated rings. The molecule has 0 saturated carbocycles. The second kappa shape index (κ2) is 8.13. The molecule has 2 aromatic rings. The lowest BCUT2D eigenvalue weighted by atomic mass is 9.97. The lowest BCUT2D eigenvalue weighted by molar-refractivity contribution is -0.123. The van der Waals surface area contributed by atoms with Gasteiger partial charge in [0.05, 0.1) is 19.2 Å². The number of likely N-dealkylation sites (tertiary alicyclic amines) is 1. The van der Waals surface area contributed by atoms with Gasteiger partial charge in [0.2, 0.25) is 5.91 Å². The van der Waals surface area contributed by atoms with Crippen LogP contribution < -0.4 is 20.1 Å². The molecule has 0 radical (unpaired) electrons. The van der Waals surface area contributed by atoms with Crippen molar-refractivity contribution in [2.75, 3.05) is 26.7 Å². The molecule has 0 unspecified atom stereocenters. The molecule has 1 saturated heterocycles. The van der Waals surface area contributed by atoms with Gasteiger partial charge in [0, 0.05) is 32.5 Å². The van der Waals surface area contributed by atoms with Crippen LogP contribution >= 0.6 is 0 Å². The van der Waals surface area contributed by atoms with Gasteiger partial charge in [-0.05, 0) is 29.8 Å². The van der Waals surface area contributed by atoms with Crippen LogP contribution in [0.15, 0.2) is 48.5 Å². The Labute approximate surface area is 170 Å². The smallest absolute Gasteiger partial charge is 0.258 e. The predicted octanol–water partition coefficient (Wildman–Crippen LogP) is 1.93. The number of rotatable bonds is 5. The third kappa shape index (κ3) is 4.35. The van der Waals surface area contributed by atoms with E-state index in [-0.39, 0.29) is 11.8 Å². The predicted molar refractivity (Wildman–Crippen MR) is 108 cm³/mol. The van der Waals surface area contributed by atoms with E-state index in [0.29, 0.717) is 50.3 Å². The van der Waals surface area contributed by atoms with Crippen LogP contribution in [0.3, 0.4) is 0 Å². The third-order valence-corrected chi connectivity index (χ3v) is 5.46. The lowest BCUT2D eigenvalue weighted by Gasteiger charge is -2.44. The van der Waals surface area contributed by atoms with Crippen LogP contribution in [0.25, 0.3) is 0 Å². The van der Waals surface area contributed by atoms with E-state index in [1.54, 1.807) is 13.2 Å². The van der Waals surface area contributed by atoms with Crippen LogP contribution in [0, 0.1) is 0 Å². The SMILES string of the molecule is COc1ccc(CNC(=O)CN2CCC3(CC2)NC(=O)c2ccccc2O3)cc1. The van der Waals surface area contributed by atoms with E-state index >= 15 is 0 Å². The highest BCUT2D eigenvalue weighted by Crippen LogP contribution is 2.33. The molecular weight excluding hydrogens is 370 g/mol. The number of carbonyl (C=O) groups excluding carboxylic acids is 2. The van der Waals surface area contributed by atoms with Crippen molar-refractivity contribution in [3.8, 4) is 11.5 Å². The summed E-state index contributed by atoms with van der Waals surface area (Å²) in [7, 11) is 1.63. The Morgan fingerprint density at radius 3 is 2.62 bits per heavy atom. The zero-order valence-electron chi connectivity index (χ0n) is 16.4. The zero-order valence-corrected chi connectivity index (χ0v) is 16.4. The first-order valence-corrected chi connectivity index (χ1v) is 9.79. The Kier molecular flexibility index (Phi) is 5.40. The highest BCUT2D eigenvalue weighted by Gasteiger charge is 2.42. The minimum Gasteiger partial charge on any atom is -0.497 e. The van der Waals surface area contributed by atoms with E-state index in [2.05, 4.69) is 15.5 Å². The molecule has 2 aromatic carbocycles. The van der Waals surface area contributed by atoms with Gasteiger partial charge in [-0.1, -0.05) is 24.3 Å². The first kappa shape index (κ1) is 19.3. The monoisotopic (exact) mass is 395 g/mol. The van der Waals surface area contributed by atoms with Gasteiger partial charge in [0.25, 0.3) is 5.91 Å². The standard InChI is InChI=1S/C22H25N3O4/c1-28-17-8-6-16(7-9-17)14-23-20(26)15-25-12-10-22(11-13-25)24-21(27)18-4-2-3-5-19(18)29-22/h2-9H,10-15H2,1H3,(H,23,26)(H,24,27). The Morgan fingerprint density at radius 2 is 1.90 bits per heavy atom. The maximum absolute atomic E-state index is 12.4. The maximum Gasteiger partial charge on any atom is 0.258 e. The molecule has 2 amide bonds. The summed E-state index contributed by atoms with van der Waals surface area (Å²) in [6.45, 7) is 2.17. The van der Waals surface area contributed by atoms with Crippen LogP contribution in [0.4, 0.5) is 0 Å². The largest absolute Gasteiger partial charge is 0.497 e. The molecule has 1 spiro atoms. The number of benzene rings is 2. The van der Waals surface area contributed by atoms with E-state index in [4.69, 9.17) is 9.47 Å². The fourth-order valence-corrected chi connectivity index (χ4v) is 3.76. The Hall–Kier alpha value is -3.06. The van der Waals surface area contributed by atoms with Crippen molar-refractivity contribution in [2.45, 2.75) is 25.1 Å². The van der Waals surface area contributed by atoms with Crippen molar-refractivity contribution >= 4 is 11.8 Å². The van der Waals surface area contributed by atoms with Gasteiger partial charge >= 0.3 is 0 Å². The van der Waals surface area contributed by atoms with Crippen LogP contribution in [-0.2, 0) is 11.3 Å². The normalized spacial score (nSPS) is 17.8. The summed E-state index contributed by atoms with van der Waals surface area (Å²) >= 11 is 0. The highest BCUT2D eigenvalue weighted by molar-refractivity contribution is 5.98. The van der Waals surface area contributed by atoms with Gasteiger partial charge in [0.15, 0.2) is 5.72 Å². The van der Waals surface area contributed by atoms with Gasteiger partial charge in [-0.3, -0.25) is 14.5 Å². The number of nitrogens with one attached hydrogen (secondary N) is 2. The first-order valence-electron chi connectivity index (χ1n) is 9.79. The molecule has 0 bridgehead atoms. The number of piperidine rings is 1. The molecular formula is C22H25N3O4. The fraction of sp³-hybridized carbons (Fsp3) is 0.364. The van der Waals surface area contributed by atoms with E-state index in [1.165, 1.54) is 0 Å². The van der Waals surface area contributed by atoms with Crippen LogP contribution in [-0.4, -0.2) is 49.2 Å². The zero-order chi connectivity index (χ0) is 20.3. The number of hydrogen-bond donors (Lipinski definition) is 2. The average molecular weight is 395 g/mol. The average Bonchev–Trinajstić information content (AvgIpc) is 2.74. The van der Waals surface area contributed by atoms with Crippen molar-refractivity contribution in [1.82, 2.24) is 15.5 Å². The topological polar surface area (TPSA) is 79.9 Å². The quantitative estimate of drug-likeness (QED) is 0.809. The van der Waals surface area contributed by atoms with E-state index in [9.17, 15) is 9.59 Å². The van der Waals surface area contributed by atoms with Gasteiger partial charge in [0.1, 0.15) is 11.5 Å². The number of carbonyl (C=O) groups is 2. The summed E-state index contributed by atoms with van der Waals surface area (Å²) in [5.41, 5.74) is 0.911. The third-order valence-electron chi connectivity index (χ3n) is 5.46. The molecule has 0 aliphatic carbocycles. The van der Waals surface area contributed by atoms with Crippen molar-refractivity contribution < 1.29 is 19.1 Å². The second-order valence-corrected chi connectivity index (χ2v) is 7.45. The van der Waals surface area contributed by atoms with Gasteiger partial charge < -0.3 is 20.1 Å².